The van der Waals surface area contributed by atoms with Crippen molar-refractivity contribution in [2.24, 2.45) is 0 Å². The van der Waals surface area contributed by atoms with Gasteiger partial charge >= 0.3 is 0 Å². The number of benzene rings is 3. The number of ether oxygens (including phenoxy) is 1. The van der Waals surface area contributed by atoms with E-state index < -0.39 is 22.9 Å². The van der Waals surface area contributed by atoms with Crippen molar-refractivity contribution in [2.75, 3.05) is 9.80 Å². The van der Waals surface area contributed by atoms with Crippen molar-refractivity contribution in [2.45, 2.75) is 70.1 Å². The lowest BCUT2D eigenvalue weighted by Gasteiger charge is -2.22. The standard InChI is InChI=1S/C33H31N3O5/c1-7-31(4)30(2,3)36(31)19-10-14-21(15-11-19)41-20-12-8-18(9-13-20)35-28(39)24-16-22-23(17-25(24)29(35)40)27(38)33(6)32(5,34-33)26(22)37/h8-17,34H,7H2,1-6H3. The summed E-state index contributed by atoms with van der Waals surface area (Å²) in [5.74, 6) is -0.322. The molecule has 3 unspecified atom stereocenters. The number of carbonyl (C=O) groups excluding carboxylic acids is 4. The molecule has 0 saturated carbocycles. The van der Waals surface area contributed by atoms with E-state index in [2.05, 4.69) is 50.0 Å². The number of imide groups is 1. The molecule has 3 aromatic carbocycles. The van der Waals surface area contributed by atoms with E-state index in [0.29, 0.717) is 17.2 Å². The van der Waals surface area contributed by atoms with Crippen LogP contribution in [0, 0.1) is 0 Å². The number of amides is 2. The molecule has 3 heterocycles. The minimum atomic E-state index is -0.991. The molecule has 8 nitrogen and oxygen atoms in total. The zero-order valence-electron chi connectivity index (χ0n) is 23.9. The number of nitrogens with one attached hydrogen (secondary N) is 1. The lowest BCUT2D eigenvalue weighted by Crippen LogP contribution is -2.41. The third-order valence-corrected chi connectivity index (χ3v) is 10.3. The maximum Gasteiger partial charge on any atom is 0.266 e. The van der Waals surface area contributed by atoms with Gasteiger partial charge in [0.1, 0.15) is 22.6 Å². The summed E-state index contributed by atoms with van der Waals surface area (Å²) in [6.07, 6.45) is 1.06. The third-order valence-electron chi connectivity index (χ3n) is 10.3. The van der Waals surface area contributed by atoms with E-state index in [4.69, 9.17) is 4.74 Å². The van der Waals surface area contributed by atoms with Crippen molar-refractivity contribution in [3.8, 4) is 11.5 Å². The Morgan fingerprint density at radius 1 is 0.659 bits per heavy atom. The second-order valence-electron chi connectivity index (χ2n) is 12.5. The fourth-order valence-electron chi connectivity index (χ4n) is 6.95. The van der Waals surface area contributed by atoms with E-state index in [1.54, 1.807) is 38.1 Å². The van der Waals surface area contributed by atoms with Gasteiger partial charge in [-0.05, 0) is 102 Å². The number of hydrogen-bond donors (Lipinski definition) is 1. The van der Waals surface area contributed by atoms with Crippen LogP contribution in [-0.4, -0.2) is 45.5 Å². The molecule has 2 fully saturated rings. The van der Waals surface area contributed by atoms with Crippen molar-refractivity contribution >= 4 is 34.8 Å². The van der Waals surface area contributed by atoms with Gasteiger partial charge in [-0.2, -0.15) is 0 Å². The maximum absolute atomic E-state index is 13.4. The van der Waals surface area contributed by atoms with Crippen LogP contribution in [0.2, 0.25) is 0 Å². The summed E-state index contributed by atoms with van der Waals surface area (Å²) in [4.78, 5) is 56.5. The number of carbonyl (C=O) groups is 4. The van der Waals surface area contributed by atoms with Crippen LogP contribution >= 0.6 is 0 Å². The van der Waals surface area contributed by atoms with Crippen LogP contribution in [0.1, 0.15) is 89.4 Å². The van der Waals surface area contributed by atoms with Gasteiger partial charge in [0.15, 0.2) is 11.6 Å². The second-order valence-corrected chi connectivity index (χ2v) is 12.5. The van der Waals surface area contributed by atoms with Crippen LogP contribution in [0.15, 0.2) is 60.7 Å². The lowest BCUT2D eigenvalue weighted by atomic mass is 9.75. The minimum Gasteiger partial charge on any atom is -0.457 e. The Kier molecular flexibility index (Phi) is 4.82. The number of anilines is 2. The van der Waals surface area contributed by atoms with Crippen molar-refractivity contribution in [1.82, 2.24) is 5.32 Å². The first kappa shape index (κ1) is 25.7. The first-order valence-corrected chi connectivity index (χ1v) is 13.9. The van der Waals surface area contributed by atoms with Crippen molar-refractivity contribution in [1.29, 1.82) is 0 Å². The fraction of sp³-hybridized carbons (Fsp3) is 0.333. The predicted octanol–water partition coefficient (Wildman–Crippen LogP) is 5.55. The Labute approximate surface area is 238 Å². The highest BCUT2D eigenvalue weighted by Crippen LogP contribution is 2.56. The van der Waals surface area contributed by atoms with Gasteiger partial charge in [-0.3, -0.25) is 24.5 Å². The largest absolute Gasteiger partial charge is 0.457 e. The normalized spacial score (nSPS) is 28.8. The molecular weight excluding hydrogens is 518 g/mol. The van der Waals surface area contributed by atoms with E-state index in [-0.39, 0.29) is 44.9 Å². The molecule has 7 rings (SSSR count). The highest BCUT2D eigenvalue weighted by atomic mass is 16.5. The van der Waals surface area contributed by atoms with Gasteiger partial charge < -0.3 is 9.64 Å². The Bertz CT molecular complexity index is 1660. The van der Waals surface area contributed by atoms with Crippen LogP contribution in [0.3, 0.4) is 0 Å². The molecule has 0 spiro atoms. The summed E-state index contributed by atoms with van der Waals surface area (Å²) in [5.41, 5.74) is 0.374. The molecule has 3 aromatic rings. The molecule has 208 valence electrons. The molecule has 0 bridgehead atoms. The number of nitrogens with zero attached hydrogens (tertiary/aromatic N) is 2. The zero-order valence-corrected chi connectivity index (χ0v) is 23.9. The van der Waals surface area contributed by atoms with Gasteiger partial charge in [0.25, 0.3) is 11.8 Å². The maximum atomic E-state index is 13.4. The molecule has 41 heavy (non-hydrogen) atoms. The first-order valence-electron chi connectivity index (χ1n) is 13.9. The molecule has 0 aromatic heterocycles. The summed E-state index contributed by atoms with van der Waals surface area (Å²) in [7, 11) is 0. The number of ketones is 2. The summed E-state index contributed by atoms with van der Waals surface area (Å²) >= 11 is 0. The predicted molar refractivity (Wildman–Crippen MR) is 154 cm³/mol. The second kappa shape index (κ2) is 7.70. The van der Waals surface area contributed by atoms with E-state index >= 15 is 0 Å². The van der Waals surface area contributed by atoms with Gasteiger partial charge in [-0.25, -0.2) is 4.90 Å². The van der Waals surface area contributed by atoms with Gasteiger partial charge in [0.05, 0.1) is 27.9 Å². The zero-order chi connectivity index (χ0) is 29.3. The van der Waals surface area contributed by atoms with E-state index in [1.807, 2.05) is 12.1 Å². The summed E-state index contributed by atoms with van der Waals surface area (Å²) in [6.45, 7) is 12.4. The van der Waals surface area contributed by atoms with Gasteiger partial charge in [-0.15, -0.1) is 0 Å². The molecule has 2 saturated heterocycles. The van der Waals surface area contributed by atoms with Crippen molar-refractivity contribution < 1.29 is 23.9 Å². The Hall–Kier alpha value is -4.30. The number of Topliss-reactive ketones (excluding diaryl/α,β-unsaturated/α-hetero) is 2. The molecular formula is C33H31N3O5. The topological polar surface area (TPSA) is 106 Å². The average Bonchev–Trinajstić information content (AvgIpc) is 3.66. The summed E-state index contributed by atoms with van der Waals surface area (Å²) in [6, 6.07) is 17.5. The van der Waals surface area contributed by atoms with E-state index in [0.717, 1.165) is 17.0 Å². The molecule has 1 aliphatic carbocycles. The molecule has 3 atom stereocenters. The molecule has 0 radical (unpaired) electrons. The van der Waals surface area contributed by atoms with Crippen molar-refractivity contribution in [3.05, 3.63) is 82.9 Å². The Morgan fingerprint density at radius 3 is 1.51 bits per heavy atom. The molecule has 3 aliphatic heterocycles. The van der Waals surface area contributed by atoms with Crippen LogP contribution in [0.25, 0.3) is 0 Å². The highest BCUT2D eigenvalue weighted by molar-refractivity contribution is 6.36. The Morgan fingerprint density at radius 2 is 1.10 bits per heavy atom. The highest BCUT2D eigenvalue weighted by Gasteiger charge is 2.72. The van der Waals surface area contributed by atoms with Crippen molar-refractivity contribution in [3.63, 3.8) is 0 Å². The Balaban J connectivity index is 1.11. The molecule has 8 heteroatoms. The van der Waals surface area contributed by atoms with Crippen LogP contribution in [-0.2, 0) is 0 Å². The SMILES string of the molecule is CCC1(C)N(c2ccc(Oc3ccc(N4C(=O)c5cc6c(cc5C4=O)C(=O)C4(C)NC4(C)C6=O)cc3)cc2)C1(C)C. The third kappa shape index (κ3) is 3.08. The first-order chi connectivity index (χ1) is 19.3. The number of rotatable bonds is 5. The lowest BCUT2D eigenvalue weighted by molar-refractivity contribution is 0.0854. The molecule has 2 amide bonds. The monoisotopic (exact) mass is 549 g/mol. The van der Waals surface area contributed by atoms with Crippen LogP contribution in [0.5, 0.6) is 11.5 Å². The fourth-order valence-corrected chi connectivity index (χ4v) is 6.95. The van der Waals surface area contributed by atoms with Crippen LogP contribution in [0.4, 0.5) is 11.4 Å². The average molecular weight is 550 g/mol. The summed E-state index contributed by atoms with van der Waals surface area (Å²) < 4.78 is 6.03. The van der Waals surface area contributed by atoms with Gasteiger partial charge in [0.2, 0.25) is 0 Å². The van der Waals surface area contributed by atoms with E-state index in [9.17, 15) is 19.2 Å². The molecule has 4 aliphatic rings. The van der Waals surface area contributed by atoms with E-state index in [1.165, 1.54) is 12.1 Å². The smallest absolute Gasteiger partial charge is 0.266 e. The summed E-state index contributed by atoms with van der Waals surface area (Å²) in [5, 5.41) is 3.01. The van der Waals surface area contributed by atoms with Gasteiger partial charge in [0, 0.05) is 16.8 Å². The number of fused-ring (bicyclic) bond motifs is 3. The molecule has 1 N–H and O–H groups in total. The number of hydrogen-bond acceptors (Lipinski definition) is 7. The van der Waals surface area contributed by atoms with Gasteiger partial charge in [-0.1, -0.05) is 6.92 Å². The van der Waals surface area contributed by atoms with Crippen LogP contribution < -0.4 is 19.9 Å². The quantitative estimate of drug-likeness (QED) is 0.329. The minimum absolute atomic E-state index is 0.0995.